The number of carbonyl (C=O) groups excluding carboxylic acids is 1. The van der Waals surface area contributed by atoms with E-state index in [2.05, 4.69) is 10.3 Å². The fraction of sp³-hybridized carbons (Fsp3) is 0.200. The molecule has 1 N–H and O–H groups in total. The molecule has 5 heteroatoms. The van der Waals surface area contributed by atoms with Crippen LogP contribution in [0.25, 0.3) is 0 Å². The average Bonchev–Trinajstić information content (AvgIpc) is 2.95. The van der Waals surface area contributed by atoms with Crippen LogP contribution in [0.4, 0.5) is 5.69 Å². The summed E-state index contributed by atoms with van der Waals surface area (Å²) in [7, 11) is 0. The Balaban J connectivity index is 1.67. The van der Waals surface area contributed by atoms with Gasteiger partial charge in [0, 0.05) is 5.69 Å². The summed E-state index contributed by atoms with van der Waals surface area (Å²) in [4.78, 5) is 17.6. The van der Waals surface area contributed by atoms with Crippen LogP contribution in [-0.2, 0) is 6.61 Å². The molecule has 2 aromatic carbocycles. The first-order chi connectivity index (χ1) is 12.0. The molecule has 0 aliphatic heterocycles. The molecule has 4 nitrogen and oxygen atoms in total. The molecule has 3 aromatic rings. The van der Waals surface area contributed by atoms with Crippen molar-refractivity contribution in [1.82, 2.24) is 4.98 Å². The van der Waals surface area contributed by atoms with Crippen LogP contribution >= 0.6 is 11.3 Å². The third kappa shape index (κ3) is 4.45. The summed E-state index contributed by atoms with van der Waals surface area (Å²) in [5, 5.41) is 3.71. The highest BCUT2D eigenvalue weighted by Gasteiger charge is 2.16. The molecule has 0 radical (unpaired) electrons. The third-order valence-corrected chi connectivity index (χ3v) is 4.84. The fourth-order valence-corrected chi connectivity index (χ4v) is 3.29. The number of amides is 1. The molecule has 0 saturated carbocycles. The number of nitrogens with zero attached hydrogens (tertiary/aromatic N) is 1. The van der Waals surface area contributed by atoms with Crippen molar-refractivity contribution in [3.63, 3.8) is 0 Å². The van der Waals surface area contributed by atoms with E-state index in [4.69, 9.17) is 4.74 Å². The van der Waals surface area contributed by atoms with Gasteiger partial charge in [0.1, 0.15) is 22.2 Å². The molecule has 1 aromatic heterocycles. The van der Waals surface area contributed by atoms with Gasteiger partial charge in [0.05, 0.1) is 5.69 Å². The van der Waals surface area contributed by atoms with Crippen molar-refractivity contribution < 1.29 is 9.53 Å². The molecule has 0 unspecified atom stereocenters. The van der Waals surface area contributed by atoms with Gasteiger partial charge in [0.15, 0.2) is 0 Å². The van der Waals surface area contributed by atoms with Crippen LogP contribution in [0.3, 0.4) is 0 Å². The maximum Gasteiger partial charge on any atom is 0.267 e. The summed E-state index contributed by atoms with van der Waals surface area (Å²) in [6.07, 6.45) is 0. The van der Waals surface area contributed by atoms with Crippen LogP contribution in [0.5, 0.6) is 5.75 Å². The lowest BCUT2D eigenvalue weighted by atomic mass is 10.2. The highest BCUT2D eigenvalue weighted by Crippen LogP contribution is 2.22. The van der Waals surface area contributed by atoms with Gasteiger partial charge in [0.25, 0.3) is 5.91 Å². The summed E-state index contributed by atoms with van der Waals surface area (Å²) >= 11 is 1.37. The van der Waals surface area contributed by atoms with E-state index in [0.717, 1.165) is 27.7 Å². The summed E-state index contributed by atoms with van der Waals surface area (Å²) < 4.78 is 5.75. The second-order valence-electron chi connectivity index (χ2n) is 5.95. The molecule has 1 heterocycles. The molecule has 25 heavy (non-hydrogen) atoms. The Kier molecular flexibility index (Phi) is 5.14. The van der Waals surface area contributed by atoms with Crippen molar-refractivity contribution in [1.29, 1.82) is 0 Å². The average molecular weight is 352 g/mol. The minimum absolute atomic E-state index is 0.137. The number of nitrogens with one attached hydrogen (secondary N) is 1. The lowest BCUT2D eigenvalue weighted by Gasteiger charge is -2.05. The fourth-order valence-electron chi connectivity index (χ4n) is 2.41. The van der Waals surface area contributed by atoms with Gasteiger partial charge in [-0.25, -0.2) is 4.98 Å². The second-order valence-corrected chi connectivity index (χ2v) is 7.03. The smallest absolute Gasteiger partial charge is 0.267 e. The van der Waals surface area contributed by atoms with Crippen molar-refractivity contribution >= 4 is 22.9 Å². The van der Waals surface area contributed by atoms with Crippen LogP contribution in [-0.4, -0.2) is 10.9 Å². The Morgan fingerprint density at radius 2 is 1.84 bits per heavy atom. The van der Waals surface area contributed by atoms with Crippen molar-refractivity contribution in [3.05, 3.63) is 75.2 Å². The number of hydrogen-bond donors (Lipinski definition) is 1. The summed E-state index contributed by atoms with van der Waals surface area (Å²) in [6.45, 7) is 6.23. The summed E-state index contributed by atoms with van der Waals surface area (Å²) in [5.41, 5.74) is 3.80. The predicted molar refractivity (Wildman–Crippen MR) is 101 cm³/mol. The topological polar surface area (TPSA) is 51.2 Å². The van der Waals surface area contributed by atoms with E-state index in [9.17, 15) is 4.79 Å². The Morgan fingerprint density at radius 1 is 1.08 bits per heavy atom. The maximum absolute atomic E-state index is 12.5. The first-order valence-electron chi connectivity index (χ1n) is 8.05. The predicted octanol–water partition coefficient (Wildman–Crippen LogP) is 4.90. The van der Waals surface area contributed by atoms with Crippen LogP contribution < -0.4 is 10.1 Å². The van der Waals surface area contributed by atoms with Gasteiger partial charge in [-0.1, -0.05) is 29.8 Å². The third-order valence-electron chi connectivity index (χ3n) is 3.71. The molecular formula is C20H20N2O2S. The first-order valence-corrected chi connectivity index (χ1v) is 8.87. The zero-order valence-electron chi connectivity index (χ0n) is 14.5. The Bertz CT molecular complexity index is 885. The summed E-state index contributed by atoms with van der Waals surface area (Å²) in [6, 6.07) is 15.6. The molecular weight excluding hydrogens is 332 g/mol. The number of ether oxygens (including phenoxy) is 1. The Hall–Kier alpha value is -2.66. The van der Waals surface area contributed by atoms with Crippen LogP contribution in [0.15, 0.2) is 48.5 Å². The molecule has 0 spiro atoms. The minimum atomic E-state index is -0.137. The molecule has 0 aliphatic carbocycles. The Labute approximate surface area is 151 Å². The second kappa shape index (κ2) is 7.49. The zero-order valence-corrected chi connectivity index (χ0v) is 15.3. The van der Waals surface area contributed by atoms with E-state index >= 15 is 0 Å². The number of rotatable bonds is 5. The van der Waals surface area contributed by atoms with Crippen molar-refractivity contribution in [2.24, 2.45) is 0 Å². The molecule has 0 atom stereocenters. The largest absolute Gasteiger partial charge is 0.486 e. The molecule has 0 bridgehead atoms. The number of aryl methyl sites for hydroxylation is 3. The molecule has 0 saturated heterocycles. The SMILES string of the molecule is Cc1ccc(OCc2nc(C)c(C(=O)Nc3cccc(C)c3)s2)cc1. The van der Waals surface area contributed by atoms with Crippen LogP contribution in [0.2, 0.25) is 0 Å². The minimum Gasteiger partial charge on any atom is -0.486 e. The van der Waals surface area contributed by atoms with Crippen molar-refractivity contribution in [2.45, 2.75) is 27.4 Å². The zero-order chi connectivity index (χ0) is 17.8. The number of anilines is 1. The van der Waals surface area contributed by atoms with E-state index in [1.54, 1.807) is 0 Å². The van der Waals surface area contributed by atoms with Gasteiger partial charge in [-0.3, -0.25) is 4.79 Å². The van der Waals surface area contributed by atoms with Gasteiger partial charge >= 0.3 is 0 Å². The molecule has 0 aliphatic rings. The first kappa shape index (κ1) is 17.2. The number of carbonyl (C=O) groups is 1. The monoisotopic (exact) mass is 352 g/mol. The number of thiazole rings is 1. The molecule has 128 valence electrons. The highest BCUT2D eigenvalue weighted by molar-refractivity contribution is 7.13. The molecule has 0 fully saturated rings. The van der Waals surface area contributed by atoms with E-state index in [1.165, 1.54) is 16.9 Å². The standard InChI is InChI=1S/C20H20N2O2S/c1-13-7-9-17(10-8-13)24-12-18-21-15(3)19(25-18)20(23)22-16-6-4-5-14(2)11-16/h4-11H,12H2,1-3H3,(H,22,23). The number of benzene rings is 2. The molecule has 3 rings (SSSR count). The maximum atomic E-state index is 12.5. The number of aromatic nitrogens is 1. The lowest BCUT2D eigenvalue weighted by Crippen LogP contribution is -2.11. The van der Waals surface area contributed by atoms with E-state index in [0.29, 0.717) is 11.5 Å². The Morgan fingerprint density at radius 3 is 2.56 bits per heavy atom. The molecule has 1 amide bonds. The van der Waals surface area contributed by atoms with Gasteiger partial charge in [-0.05, 0) is 50.6 Å². The summed E-state index contributed by atoms with van der Waals surface area (Å²) in [5.74, 6) is 0.659. The van der Waals surface area contributed by atoms with Gasteiger partial charge in [0.2, 0.25) is 0 Å². The van der Waals surface area contributed by atoms with Gasteiger partial charge in [-0.2, -0.15) is 0 Å². The lowest BCUT2D eigenvalue weighted by molar-refractivity contribution is 0.103. The van der Waals surface area contributed by atoms with E-state index in [1.807, 2.05) is 69.3 Å². The quantitative estimate of drug-likeness (QED) is 0.710. The van der Waals surface area contributed by atoms with Crippen LogP contribution in [0, 0.1) is 20.8 Å². The normalized spacial score (nSPS) is 10.5. The highest BCUT2D eigenvalue weighted by atomic mass is 32.1. The van der Waals surface area contributed by atoms with Gasteiger partial charge in [-0.15, -0.1) is 11.3 Å². The van der Waals surface area contributed by atoms with E-state index in [-0.39, 0.29) is 5.91 Å². The van der Waals surface area contributed by atoms with Crippen molar-refractivity contribution in [3.8, 4) is 5.75 Å². The van der Waals surface area contributed by atoms with Crippen LogP contribution in [0.1, 0.15) is 31.5 Å². The number of hydrogen-bond acceptors (Lipinski definition) is 4. The van der Waals surface area contributed by atoms with Crippen molar-refractivity contribution in [2.75, 3.05) is 5.32 Å². The van der Waals surface area contributed by atoms with E-state index < -0.39 is 0 Å². The van der Waals surface area contributed by atoms with Gasteiger partial charge < -0.3 is 10.1 Å².